The molecule has 0 atom stereocenters. The molecule has 0 bridgehead atoms. The highest BCUT2D eigenvalue weighted by Gasteiger charge is 2.11. The first-order chi connectivity index (χ1) is 10.6. The van der Waals surface area contributed by atoms with Crippen molar-refractivity contribution in [3.63, 3.8) is 0 Å². The van der Waals surface area contributed by atoms with E-state index in [2.05, 4.69) is 10.1 Å². The molecule has 7 nitrogen and oxygen atoms in total. The number of hydrogen-bond donors (Lipinski definition) is 3. The molecule has 2 aromatic heterocycles. The summed E-state index contributed by atoms with van der Waals surface area (Å²) < 4.78 is 1.63. The number of nitrogens with two attached hydrogens (primary N) is 1. The number of hydrogen-bond acceptors (Lipinski definition) is 5. The second-order valence-electron chi connectivity index (χ2n) is 4.71. The van der Waals surface area contributed by atoms with Gasteiger partial charge in [-0.2, -0.15) is 0 Å². The Morgan fingerprint density at radius 1 is 1.27 bits per heavy atom. The van der Waals surface area contributed by atoms with E-state index in [0.29, 0.717) is 22.6 Å². The largest absolute Gasteiger partial charge is 0.478 e. The van der Waals surface area contributed by atoms with Crippen molar-refractivity contribution in [2.45, 2.75) is 0 Å². The minimum atomic E-state index is -1.00. The highest BCUT2D eigenvalue weighted by atomic mass is 16.4. The fourth-order valence-corrected chi connectivity index (χ4v) is 2.23. The Kier molecular flexibility index (Phi) is 3.23. The Morgan fingerprint density at radius 3 is 2.82 bits per heavy atom. The average molecular weight is 296 g/mol. The molecular weight excluding hydrogens is 284 g/mol. The van der Waals surface area contributed by atoms with Crippen molar-refractivity contribution in [3.05, 3.63) is 53.9 Å². The molecule has 0 aliphatic heterocycles. The van der Waals surface area contributed by atoms with E-state index in [1.807, 2.05) is 0 Å². The summed E-state index contributed by atoms with van der Waals surface area (Å²) in [5, 5.41) is 20.8. The van der Waals surface area contributed by atoms with E-state index in [0.717, 1.165) is 5.56 Å². The molecule has 4 N–H and O–H groups in total. The lowest BCUT2D eigenvalue weighted by Crippen LogP contribution is -1.97. The lowest BCUT2D eigenvalue weighted by Gasteiger charge is -2.03. The van der Waals surface area contributed by atoms with Crippen LogP contribution >= 0.6 is 0 Å². The summed E-state index contributed by atoms with van der Waals surface area (Å²) in [6, 6.07) is 8.28. The van der Waals surface area contributed by atoms with Crippen LogP contribution in [0.25, 0.3) is 16.9 Å². The van der Waals surface area contributed by atoms with Gasteiger partial charge in [-0.25, -0.2) is 9.78 Å². The third kappa shape index (κ3) is 2.35. The molecule has 3 rings (SSSR count). The van der Waals surface area contributed by atoms with Crippen molar-refractivity contribution >= 4 is 23.5 Å². The monoisotopic (exact) mass is 296 g/mol. The molecule has 0 aliphatic carbocycles. The molecule has 0 saturated heterocycles. The minimum Gasteiger partial charge on any atom is -0.478 e. The van der Waals surface area contributed by atoms with Crippen LogP contribution in [0.5, 0.6) is 0 Å². The molecule has 110 valence electrons. The van der Waals surface area contributed by atoms with Gasteiger partial charge in [0.05, 0.1) is 17.5 Å². The summed E-state index contributed by atoms with van der Waals surface area (Å²) in [4.78, 5) is 15.4. The minimum absolute atomic E-state index is 0.172. The van der Waals surface area contributed by atoms with Crippen LogP contribution in [0.2, 0.25) is 0 Å². The number of carboxylic acids is 1. The number of oxime groups is 1. The number of aromatic carboxylic acids is 1. The number of anilines is 1. The normalized spacial score (nSPS) is 11.3. The molecule has 0 radical (unpaired) electrons. The van der Waals surface area contributed by atoms with Gasteiger partial charge in [0, 0.05) is 29.2 Å². The molecule has 22 heavy (non-hydrogen) atoms. The Labute approximate surface area is 124 Å². The Balaban J connectivity index is 2.16. The standard InChI is InChI=1S/C15H12N4O3/c16-11-2-3-12(10(5-11)6-17-22)13-8-19-7-9(15(20)21)1-4-14(19)18-13/h1-8,22H,16H2,(H,20,21)/b17-6-. The first-order valence-electron chi connectivity index (χ1n) is 6.38. The Hall–Kier alpha value is -3.35. The average Bonchev–Trinajstić information content (AvgIpc) is 2.90. The maximum Gasteiger partial charge on any atom is 0.337 e. The number of nitrogen functional groups attached to an aromatic ring is 1. The number of benzene rings is 1. The van der Waals surface area contributed by atoms with Gasteiger partial charge in [-0.05, 0) is 24.3 Å². The van der Waals surface area contributed by atoms with Crippen LogP contribution in [0.15, 0.2) is 47.9 Å². The zero-order chi connectivity index (χ0) is 15.7. The van der Waals surface area contributed by atoms with E-state index >= 15 is 0 Å². The van der Waals surface area contributed by atoms with Crippen molar-refractivity contribution in [3.8, 4) is 11.3 Å². The fraction of sp³-hybridized carbons (Fsp3) is 0. The smallest absolute Gasteiger partial charge is 0.337 e. The SMILES string of the molecule is Nc1ccc(-c2cn3cc(C(=O)O)ccc3n2)c(/C=N\O)c1. The highest BCUT2D eigenvalue weighted by molar-refractivity contribution is 5.91. The van der Waals surface area contributed by atoms with E-state index in [1.54, 1.807) is 34.9 Å². The molecule has 0 amide bonds. The fourth-order valence-electron chi connectivity index (χ4n) is 2.23. The van der Waals surface area contributed by atoms with Gasteiger partial charge < -0.3 is 20.4 Å². The molecular formula is C15H12N4O3. The zero-order valence-electron chi connectivity index (χ0n) is 11.3. The van der Waals surface area contributed by atoms with Gasteiger partial charge in [-0.3, -0.25) is 0 Å². The van der Waals surface area contributed by atoms with Gasteiger partial charge in [0.2, 0.25) is 0 Å². The van der Waals surface area contributed by atoms with Gasteiger partial charge in [-0.15, -0.1) is 0 Å². The predicted octanol–water partition coefficient (Wildman–Crippen LogP) is 2.09. The van der Waals surface area contributed by atoms with Crippen LogP contribution in [0.1, 0.15) is 15.9 Å². The maximum absolute atomic E-state index is 11.0. The summed E-state index contributed by atoms with van der Waals surface area (Å²) in [6.07, 6.45) is 4.48. The van der Waals surface area contributed by atoms with Gasteiger partial charge in [0.1, 0.15) is 5.65 Å². The zero-order valence-corrected chi connectivity index (χ0v) is 11.3. The van der Waals surface area contributed by atoms with Gasteiger partial charge in [-0.1, -0.05) is 11.2 Å². The van der Waals surface area contributed by atoms with Crippen molar-refractivity contribution < 1.29 is 15.1 Å². The number of carbonyl (C=O) groups is 1. The number of pyridine rings is 1. The molecule has 0 aliphatic rings. The molecule has 1 aromatic carbocycles. The van der Waals surface area contributed by atoms with Crippen LogP contribution in [0.4, 0.5) is 5.69 Å². The first-order valence-corrected chi connectivity index (χ1v) is 6.38. The Morgan fingerprint density at radius 2 is 2.09 bits per heavy atom. The third-order valence-corrected chi connectivity index (χ3v) is 3.25. The first kappa shape index (κ1) is 13.6. The van der Waals surface area contributed by atoms with Crippen LogP contribution < -0.4 is 5.73 Å². The number of aromatic nitrogens is 2. The maximum atomic E-state index is 11.0. The summed E-state index contributed by atoms with van der Waals surface area (Å²) in [5.74, 6) is -1.00. The van der Waals surface area contributed by atoms with Crippen molar-refractivity contribution in [2.75, 3.05) is 5.73 Å². The number of carboxylic acid groups (broad SMARTS) is 1. The van der Waals surface area contributed by atoms with Gasteiger partial charge in [0.15, 0.2) is 0 Å². The van der Waals surface area contributed by atoms with E-state index in [9.17, 15) is 4.79 Å². The van der Waals surface area contributed by atoms with Crippen molar-refractivity contribution in [2.24, 2.45) is 5.16 Å². The number of rotatable bonds is 3. The molecule has 0 spiro atoms. The number of fused-ring (bicyclic) bond motifs is 1. The number of imidazole rings is 1. The second kappa shape index (κ2) is 5.21. The van der Waals surface area contributed by atoms with Crippen LogP contribution in [-0.2, 0) is 0 Å². The molecule has 0 fully saturated rings. The lowest BCUT2D eigenvalue weighted by atomic mass is 10.1. The van der Waals surface area contributed by atoms with E-state index < -0.39 is 5.97 Å². The summed E-state index contributed by atoms with van der Waals surface area (Å²) in [7, 11) is 0. The molecule has 0 saturated carbocycles. The Bertz CT molecular complexity index is 899. The van der Waals surface area contributed by atoms with Gasteiger partial charge >= 0.3 is 5.97 Å². The topological polar surface area (TPSA) is 113 Å². The van der Waals surface area contributed by atoms with Crippen LogP contribution in [0, 0.1) is 0 Å². The lowest BCUT2D eigenvalue weighted by molar-refractivity contribution is 0.0696. The van der Waals surface area contributed by atoms with E-state index in [4.69, 9.17) is 16.0 Å². The van der Waals surface area contributed by atoms with E-state index in [-0.39, 0.29) is 5.56 Å². The molecule has 3 aromatic rings. The number of nitrogens with zero attached hydrogens (tertiary/aromatic N) is 3. The molecule has 7 heteroatoms. The summed E-state index contributed by atoms with van der Waals surface area (Å²) >= 11 is 0. The molecule has 0 unspecified atom stereocenters. The van der Waals surface area contributed by atoms with Crippen LogP contribution in [0.3, 0.4) is 0 Å². The van der Waals surface area contributed by atoms with Crippen molar-refractivity contribution in [1.29, 1.82) is 0 Å². The third-order valence-electron chi connectivity index (χ3n) is 3.25. The molecule has 2 heterocycles. The second-order valence-corrected chi connectivity index (χ2v) is 4.71. The summed E-state index contributed by atoms with van der Waals surface area (Å²) in [6.45, 7) is 0. The van der Waals surface area contributed by atoms with Crippen LogP contribution in [-0.4, -0.2) is 31.9 Å². The quantitative estimate of drug-likeness (QED) is 0.296. The van der Waals surface area contributed by atoms with Crippen molar-refractivity contribution in [1.82, 2.24) is 9.38 Å². The summed E-state index contributed by atoms with van der Waals surface area (Å²) in [5.41, 5.74) is 9.02. The predicted molar refractivity (Wildman–Crippen MR) is 81.4 cm³/mol. The highest BCUT2D eigenvalue weighted by Crippen LogP contribution is 2.24. The van der Waals surface area contributed by atoms with Gasteiger partial charge in [0.25, 0.3) is 0 Å². The van der Waals surface area contributed by atoms with E-state index in [1.165, 1.54) is 18.5 Å².